The van der Waals surface area contributed by atoms with Crippen molar-refractivity contribution in [3.8, 4) is 0 Å². The van der Waals surface area contributed by atoms with Crippen molar-refractivity contribution in [1.82, 2.24) is 4.98 Å². The van der Waals surface area contributed by atoms with Crippen LogP contribution in [0.25, 0.3) is 0 Å². The van der Waals surface area contributed by atoms with Gasteiger partial charge in [-0.2, -0.15) is 0 Å². The summed E-state index contributed by atoms with van der Waals surface area (Å²) in [6.45, 7) is 4.42. The summed E-state index contributed by atoms with van der Waals surface area (Å²) < 4.78 is 13.1. The van der Waals surface area contributed by atoms with Gasteiger partial charge in [-0.3, -0.25) is 9.78 Å². The third-order valence-electron chi connectivity index (χ3n) is 3.99. The van der Waals surface area contributed by atoms with Gasteiger partial charge in [0.15, 0.2) is 0 Å². The van der Waals surface area contributed by atoms with Gasteiger partial charge in [0.1, 0.15) is 11.6 Å². The molecular formula is C15H20FNO. The van der Waals surface area contributed by atoms with Gasteiger partial charge >= 0.3 is 0 Å². The lowest BCUT2D eigenvalue weighted by molar-refractivity contribution is -0.125. The quantitative estimate of drug-likeness (QED) is 0.821. The number of rotatable bonds is 3. The molecule has 0 spiro atoms. The SMILES string of the molecule is CC(C)C1CCC(=O)C(Cc2cncc(F)c2)C1. The molecule has 1 aliphatic carbocycles. The molecule has 0 N–H and O–H groups in total. The number of Topliss-reactive ketones (excluding diaryl/α,β-unsaturated/α-hetero) is 1. The lowest BCUT2D eigenvalue weighted by Crippen LogP contribution is -2.29. The van der Waals surface area contributed by atoms with E-state index in [4.69, 9.17) is 0 Å². The number of aromatic nitrogens is 1. The largest absolute Gasteiger partial charge is 0.299 e. The van der Waals surface area contributed by atoms with Gasteiger partial charge in [-0.05, 0) is 42.7 Å². The highest BCUT2D eigenvalue weighted by atomic mass is 19.1. The van der Waals surface area contributed by atoms with E-state index in [1.54, 1.807) is 6.20 Å². The monoisotopic (exact) mass is 249 g/mol. The molecule has 2 rings (SSSR count). The van der Waals surface area contributed by atoms with Crippen molar-refractivity contribution in [2.75, 3.05) is 0 Å². The number of nitrogens with zero attached hydrogens (tertiary/aromatic N) is 1. The Labute approximate surface area is 108 Å². The van der Waals surface area contributed by atoms with Gasteiger partial charge in [0.2, 0.25) is 0 Å². The van der Waals surface area contributed by atoms with E-state index in [1.807, 2.05) is 0 Å². The molecule has 1 heterocycles. The fourth-order valence-corrected chi connectivity index (χ4v) is 2.80. The number of hydrogen-bond acceptors (Lipinski definition) is 2. The molecule has 98 valence electrons. The third-order valence-corrected chi connectivity index (χ3v) is 3.99. The second kappa shape index (κ2) is 5.59. The normalized spacial score (nSPS) is 24.6. The zero-order valence-corrected chi connectivity index (χ0v) is 11.0. The van der Waals surface area contributed by atoms with Crippen LogP contribution in [0.15, 0.2) is 18.5 Å². The van der Waals surface area contributed by atoms with E-state index in [9.17, 15) is 9.18 Å². The van der Waals surface area contributed by atoms with Gasteiger partial charge in [-0.15, -0.1) is 0 Å². The molecule has 0 radical (unpaired) electrons. The molecule has 0 bridgehead atoms. The van der Waals surface area contributed by atoms with Gasteiger partial charge in [-0.1, -0.05) is 13.8 Å². The Hall–Kier alpha value is -1.25. The standard InChI is InChI=1S/C15H20FNO/c1-10(2)12-3-4-15(18)13(7-12)5-11-6-14(16)9-17-8-11/h6,8-10,12-13H,3-5,7H2,1-2H3. The molecule has 1 aliphatic rings. The van der Waals surface area contributed by atoms with Crippen LogP contribution in [0.3, 0.4) is 0 Å². The molecule has 3 heteroatoms. The first kappa shape index (κ1) is 13.2. The van der Waals surface area contributed by atoms with Crippen LogP contribution in [0.4, 0.5) is 4.39 Å². The van der Waals surface area contributed by atoms with Gasteiger partial charge in [0, 0.05) is 18.5 Å². The van der Waals surface area contributed by atoms with Crippen LogP contribution in [-0.4, -0.2) is 10.8 Å². The maximum absolute atomic E-state index is 13.1. The van der Waals surface area contributed by atoms with E-state index in [0.717, 1.165) is 18.4 Å². The first-order valence-electron chi connectivity index (χ1n) is 6.68. The molecule has 2 atom stereocenters. The zero-order valence-electron chi connectivity index (χ0n) is 11.0. The van der Waals surface area contributed by atoms with E-state index in [-0.39, 0.29) is 11.7 Å². The van der Waals surface area contributed by atoms with Crippen molar-refractivity contribution in [1.29, 1.82) is 0 Å². The van der Waals surface area contributed by atoms with Crippen molar-refractivity contribution >= 4 is 5.78 Å². The summed E-state index contributed by atoms with van der Waals surface area (Å²) in [5.74, 6) is 1.29. The molecule has 1 fully saturated rings. The fourth-order valence-electron chi connectivity index (χ4n) is 2.80. The molecule has 0 amide bonds. The summed E-state index contributed by atoms with van der Waals surface area (Å²) in [4.78, 5) is 15.8. The van der Waals surface area contributed by atoms with Crippen molar-refractivity contribution in [3.05, 3.63) is 29.8 Å². The van der Waals surface area contributed by atoms with Crippen LogP contribution >= 0.6 is 0 Å². The van der Waals surface area contributed by atoms with E-state index in [0.29, 0.717) is 30.5 Å². The molecule has 2 unspecified atom stereocenters. The molecule has 1 aromatic heterocycles. The van der Waals surface area contributed by atoms with Crippen molar-refractivity contribution in [3.63, 3.8) is 0 Å². The second-order valence-electron chi connectivity index (χ2n) is 5.66. The topological polar surface area (TPSA) is 30.0 Å². The third kappa shape index (κ3) is 3.15. The summed E-state index contributed by atoms with van der Waals surface area (Å²) in [6.07, 6.45) is 6.11. The number of carbonyl (C=O) groups excluding carboxylic acids is 1. The highest BCUT2D eigenvalue weighted by Crippen LogP contribution is 2.33. The van der Waals surface area contributed by atoms with Gasteiger partial charge in [0.25, 0.3) is 0 Å². The number of carbonyl (C=O) groups is 1. The maximum Gasteiger partial charge on any atom is 0.141 e. The summed E-state index contributed by atoms with van der Waals surface area (Å²) in [5, 5.41) is 0. The second-order valence-corrected chi connectivity index (χ2v) is 5.66. The number of hydrogen-bond donors (Lipinski definition) is 0. The Morgan fingerprint density at radius 2 is 2.22 bits per heavy atom. The summed E-state index contributed by atoms with van der Waals surface area (Å²) in [7, 11) is 0. The van der Waals surface area contributed by atoms with Crippen LogP contribution in [0, 0.1) is 23.6 Å². The van der Waals surface area contributed by atoms with Gasteiger partial charge in [0.05, 0.1) is 6.20 Å². The number of ketones is 1. The molecule has 1 aromatic rings. The van der Waals surface area contributed by atoms with Crippen molar-refractivity contribution in [2.45, 2.75) is 39.5 Å². The Morgan fingerprint density at radius 3 is 2.89 bits per heavy atom. The van der Waals surface area contributed by atoms with E-state index in [2.05, 4.69) is 18.8 Å². The number of halogens is 1. The predicted molar refractivity (Wildman–Crippen MR) is 68.6 cm³/mol. The molecule has 1 saturated carbocycles. The Morgan fingerprint density at radius 1 is 1.44 bits per heavy atom. The molecule has 18 heavy (non-hydrogen) atoms. The minimum atomic E-state index is -0.323. The van der Waals surface area contributed by atoms with Crippen LogP contribution in [0.2, 0.25) is 0 Å². The Bertz CT molecular complexity index is 430. The lowest BCUT2D eigenvalue weighted by atomic mass is 9.74. The van der Waals surface area contributed by atoms with E-state index >= 15 is 0 Å². The first-order chi connectivity index (χ1) is 8.56. The fraction of sp³-hybridized carbons (Fsp3) is 0.600. The highest BCUT2D eigenvalue weighted by molar-refractivity contribution is 5.82. The lowest BCUT2D eigenvalue weighted by Gasteiger charge is -2.30. The minimum absolute atomic E-state index is 0.0507. The molecule has 0 aromatic carbocycles. The van der Waals surface area contributed by atoms with Crippen LogP contribution in [0.1, 0.15) is 38.7 Å². The minimum Gasteiger partial charge on any atom is -0.299 e. The average Bonchev–Trinajstić information content (AvgIpc) is 2.31. The summed E-state index contributed by atoms with van der Waals surface area (Å²) >= 11 is 0. The average molecular weight is 249 g/mol. The predicted octanol–water partition coefficient (Wildman–Crippen LogP) is 3.40. The zero-order chi connectivity index (χ0) is 13.1. The molecule has 2 nitrogen and oxygen atoms in total. The van der Waals surface area contributed by atoms with Crippen molar-refractivity contribution in [2.24, 2.45) is 17.8 Å². The van der Waals surface area contributed by atoms with Crippen LogP contribution in [-0.2, 0) is 11.2 Å². The smallest absolute Gasteiger partial charge is 0.141 e. The summed E-state index contributed by atoms with van der Waals surface area (Å²) in [5.41, 5.74) is 0.831. The highest BCUT2D eigenvalue weighted by Gasteiger charge is 2.30. The van der Waals surface area contributed by atoms with Crippen LogP contribution < -0.4 is 0 Å². The van der Waals surface area contributed by atoms with E-state index in [1.165, 1.54) is 12.3 Å². The summed E-state index contributed by atoms with van der Waals surface area (Å²) in [6, 6.07) is 1.49. The number of pyridine rings is 1. The van der Waals surface area contributed by atoms with Gasteiger partial charge < -0.3 is 0 Å². The first-order valence-corrected chi connectivity index (χ1v) is 6.68. The molecular weight excluding hydrogens is 229 g/mol. The Balaban J connectivity index is 2.05. The van der Waals surface area contributed by atoms with E-state index < -0.39 is 0 Å². The Kier molecular flexibility index (Phi) is 4.10. The van der Waals surface area contributed by atoms with Crippen LogP contribution in [0.5, 0.6) is 0 Å². The van der Waals surface area contributed by atoms with Crippen molar-refractivity contribution < 1.29 is 9.18 Å². The molecule has 0 aliphatic heterocycles. The maximum atomic E-state index is 13.1. The molecule has 0 saturated heterocycles. The van der Waals surface area contributed by atoms with Gasteiger partial charge in [-0.25, -0.2) is 4.39 Å².